The van der Waals surface area contributed by atoms with Crippen LogP contribution in [0.5, 0.6) is 0 Å². The molecule has 0 atom stereocenters. The number of rotatable bonds is 3. The highest BCUT2D eigenvalue weighted by Crippen LogP contribution is 2.24. The molecular formula is C14H14N2O3S. The largest absolute Gasteiger partial charge is 0.459 e. The van der Waals surface area contributed by atoms with Gasteiger partial charge in [-0.15, -0.1) is 11.3 Å². The van der Waals surface area contributed by atoms with Crippen LogP contribution in [0.25, 0.3) is 11.3 Å². The standard InChI is InChI=1S/C14H14N2O3S/c1-3-19-14(18)13(17)16-11-6-4-5-10(7-11)12-8-20-9(2)15-12/h4-8H,3H2,1-2H3,(H,16,17). The summed E-state index contributed by atoms with van der Waals surface area (Å²) in [6.07, 6.45) is 0. The number of anilines is 1. The van der Waals surface area contributed by atoms with Crippen LogP contribution in [-0.2, 0) is 14.3 Å². The summed E-state index contributed by atoms with van der Waals surface area (Å²) >= 11 is 1.56. The Morgan fingerprint density at radius 3 is 2.85 bits per heavy atom. The van der Waals surface area contributed by atoms with Crippen molar-refractivity contribution in [3.63, 3.8) is 0 Å². The fraction of sp³-hybridized carbons (Fsp3) is 0.214. The van der Waals surface area contributed by atoms with Crippen molar-refractivity contribution in [1.29, 1.82) is 0 Å². The van der Waals surface area contributed by atoms with Crippen LogP contribution in [0.1, 0.15) is 11.9 Å². The summed E-state index contributed by atoms with van der Waals surface area (Å²) in [7, 11) is 0. The molecule has 0 aliphatic rings. The third-order valence-corrected chi connectivity index (χ3v) is 3.27. The van der Waals surface area contributed by atoms with Crippen LogP contribution >= 0.6 is 11.3 Å². The summed E-state index contributed by atoms with van der Waals surface area (Å²) in [5.41, 5.74) is 2.27. The zero-order valence-electron chi connectivity index (χ0n) is 11.2. The van der Waals surface area contributed by atoms with E-state index in [4.69, 9.17) is 0 Å². The Kier molecular flexibility index (Phi) is 4.47. The lowest BCUT2D eigenvalue weighted by atomic mass is 10.1. The molecule has 1 heterocycles. The maximum atomic E-state index is 11.6. The van der Waals surface area contributed by atoms with Gasteiger partial charge in [0.1, 0.15) is 0 Å². The summed E-state index contributed by atoms with van der Waals surface area (Å²) in [4.78, 5) is 27.2. The van der Waals surface area contributed by atoms with E-state index >= 15 is 0 Å². The number of aromatic nitrogens is 1. The highest BCUT2D eigenvalue weighted by molar-refractivity contribution is 7.09. The van der Waals surface area contributed by atoms with Crippen LogP contribution in [0.2, 0.25) is 0 Å². The van der Waals surface area contributed by atoms with Gasteiger partial charge < -0.3 is 10.1 Å². The lowest BCUT2D eigenvalue weighted by Gasteiger charge is -2.06. The van der Waals surface area contributed by atoms with Crippen molar-refractivity contribution in [2.24, 2.45) is 0 Å². The highest BCUT2D eigenvalue weighted by atomic mass is 32.1. The van der Waals surface area contributed by atoms with Crippen LogP contribution in [0.3, 0.4) is 0 Å². The number of hydrogen-bond acceptors (Lipinski definition) is 5. The number of esters is 1. The Morgan fingerprint density at radius 1 is 1.40 bits per heavy atom. The fourth-order valence-corrected chi connectivity index (χ4v) is 2.25. The van der Waals surface area contributed by atoms with Gasteiger partial charge in [0.25, 0.3) is 0 Å². The first-order valence-corrected chi connectivity index (χ1v) is 6.98. The van der Waals surface area contributed by atoms with Crippen molar-refractivity contribution >= 4 is 28.9 Å². The van der Waals surface area contributed by atoms with Gasteiger partial charge in [0.15, 0.2) is 0 Å². The Labute approximate surface area is 120 Å². The van der Waals surface area contributed by atoms with Gasteiger partial charge in [-0.05, 0) is 26.0 Å². The van der Waals surface area contributed by atoms with E-state index < -0.39 is 11.9 Å². The molecule has 6 heteroatoms. The minimum Gasteiger partial charge on any atom is -0.459 e. The summed E-state index contributed by atoms with van der Waals surface area (Å²) in [5, 5.41) is 5.42. The van der Waals surface area contributed by atoms with E-state index in [0.29, 0.717) is 5.69 Å². The molecule has 1 aromatic heterocycles. The van der Waals surface area contributed by atoms with Gasteiger partial charge in [0.2, 0.25) is 0 Å². The van der Waals surface area contributed by atoms with Crippen molar-refractivity contribution in [1.82, 2.24) is 4.98 Å². The number of thiazole rings is 1. The molecule has 1 aromatic carbocycles. The summed E-state index contributed by atoms with van der Waals surface area (Å²) < 4.78 is 4.63. The molecule has 0 fully saturated rings. The van der Waals surface area contributed by atoms with E-state index in [0.717, 1.165) is 16.3 Å². The van der Waals surface area contributed by atoms with Crippen molar-refractivity contribution in [2.45, 2.75) is 13.8 Å². The monoisotopic (exact) mass is 290 g/mol. The van der Waals surface area contributed by atoms with Crippen molar-refractivity contribution < 1.29 is 14.3 Å². The molecule has 2 rings (SSSR count). The van der Waals surface area contributed by atoms with Gasteiger partial charge >= 0.3 is 11.9 Å². The smallest absolute Gasteiger partial charge is 0.397 e. The second kappa shape index (κ2) is 6.29. The zero-order valence-corrected chi connectivity index (χ0v) is 12.0. The zero-order chi connectivity index (χ0) is 14.5. The maximum absolute atomic E-state index is 11.6. The molecule has 2 aromatic rings. The van der Waals surface area contributed by atoms with Gasteiger partial charge in [-0.25, -0.2) is 9.78 Å². The second-order valence-corrected chi connectivity index (χ2v) is 5.07. The molecule has 0 spiro atoms. The lowest BCUT2D eigenvalue weighted by Crippen LogP contribution is -2.24. The van der Waals surface area contributed by atoms with Crippen molar-refractivity contribution in [3.8, 4) is 11.3 Å². The summed E-state index contributed by atoms with van der Waals surface area (Å²) in [6, 6.07) is 7.17. The maximum Gasteiger partial charge on any atom is 0.397 e. The van der Waals surface area contributed by atoms with E-state index in [1.54, 1.807) is 36.5 Å². The molecule has 104 valence electrons. The van der Waals surface area contributed by atoms with E-state index in [1.807, 2.05) is 18.4 Å². The Morgan fingerprint density at radius 2 is 2.20 bits per heavy atom. The number of nitrogens with one attached hydrogen (secondary N) is 1. The number of nitrogens with zero attached hydrogens (tertiary/aromatic N) is 1. The Bertz CT molecular complexity index is 637. The molecule has 0 bridgehead atoms. The van der Waals surface area contributed by atoms with Crippen LogP contribution in [-0.4, -0.2) is 23.5 Å². The van der Waals surface area contributed by atoms with Crippen LogP contribution < -0.4 is 5.32 Å². The predicted octanol–water partition coefficient (Wildman–Crippen LogP) is 2.62. The van der Waals surface area contributed by atoms with Crippen LogP contribution in [0.15, 0.2) is 29.6 Å². The number of carbonyl (C=O) groups excluding carboxylic acids is 2. The summed E-state index contributed by atoms with van der Waals surface area (Å²) in [5.74, 6) is -1.67. The Hall–Kier alpha value is -2.21. The second-order valence-electron chi connectivity index (χ2n) is 4.01. The molecule has 0 saturated carbocycles. The van der Waals surface area contributed by atoms with E-state index in [9.17, 15) is 9.59 Å². The fourth-order valence-electron chi connectivity index (χ4n) is 1.63. The third kappa shape index (κ3) is 3.42. The SMILES string of the molecule is CCOC(=O)C(=O)Nc1cccc(-c2csc(C)n2)c1. The van der Waals surface area contributed by atoms with E-state index in [1.165, 1.54) is 0 Å². The molecule has 5 nitrogen and oxygen atoms in total. The molecule has 1 N–H and O–H groups in total. The first-order valence-electron chi connectivity index (χ1n) is 6.11. The van der Waals surface area contributed by atoms with E-state index in [-0.39, 0.29) is 6.61 Å². The quantitative estimate of drug-likeness (QED) is 0.697. The first-order chi connectivity index (χ1) is 9.60. The lowest BCUT2D eigenvalue weighted by molar-refractivity contribution is -0.152. The molecule has 0 aliphatic heterocycles. The van der Waals surface area contributed by atoms with Crippen LogP contribution in [0, 0.1) is 6.92 Å². The third-order valence-electron chi connectivity index (χ3n) is 2.50. The van der Waals surface area contributed by atoms with Crippen LogP contribution in [0.4, 0.5) is 5.69 Å². The number of hydrogen-bond donors (Lipinski definition) is 1. The first kappa shape index (κ1) is 14.2. The van der Waals surface area contributed by atoms with Gasteiger partial charge in [-0.3, -0.25) is 4.79 Å². The molecule has 0 radical (unpaired) electrons. The van der Waals surface area contributed by atoms with Gasteiger partial charge in [0.05, 0.1) is 17.3 Å². The van der Waals surface area contributed by atoms with E-state index in [2.05, 4.69) is 15.0 Å². The predicted molar refractivity (Wildman–Crippen MR) is 77.5 cm³/mol. The van der Waals surface area contributed by atoms with Crippen molar-refractivity contribution in [3.05, 3.63) is 34.7 Å². The normalized spacial score (nSPS) is 10.1. The van der Waals surface area contributed by atoms with Gasteiger partial charge in [0, 0.05) is 16.6 Å². The number of ether oxygens (including phenoxy) is 1. The molecule has 0 unspecified atom stereocenters. The highest BCUT2D eigenvalue weighted by Gasteiger charge is 2.15. The number of carbonyl (C=O) groups is 2. The average molecular weight is 290 g/mol. The number of amides is 1. The molecule has 1 amide bonds. The topological polar surface area (TPSA) is 68.3 Å². The minimum atomic E-state index is -0.887. The Balaban J connectivity index is 2.14. The van der Waals surface area contributed by atoms with Crippen molar-refractivity contribution in [2.75, 3.05) is 11.9 Å². The number of aryl methyl sites for hydroxylation is 1. The minimum absolute atomic E-state index is 0.171. The van der Waals surface area contributed by atoms with Gasteiger partial charge in [-0.2, -0.15) is 0 Å². The molecule has 0 saturated heterocycles. The average Bonchev–Trinajstić information content (AvgIpc) is 2.86. The molecular weight excluding hydrogens is 276 g/mol. The molecule has 0 aliphatic carbocycles. The number of benzene rings is 1. The summed E-state index contributed by atoms with van der Waals surface area (Å²) in [6.45, 7) is 3.75. The molecule has 20 heavy (non-hydrogen) atoms. The van der Waals surface area contributed by atoms with Gasteiger partial charge in [-0.1, -0.05) is 12.1 Å².